The molecule has 21 heavy (non-hydrogen) atoms. The van der Waals surface area contributed by atoms with Gasteiger partial charge in [0.25, 0.3) is 0 Å². The molecule has 0 spiro atoms. The summed E-state index contributed by atoms with van der Waals surface area (Å²) in [6.07, 6.45) is 5.40. The highest BCUT2D eigenvalue weighted by atomic mass is 79.9. The lowest BCUT2D eigenvalue weighted by Crippen LogP contribution is -2.38. The zero-order chi connectivity index (χ0) is 15.5. The number of carbonyl (C=O) groups is 1. The van der Waals surface area contributed by atoms with E-state index < -0.39 is 5.60 Å². The number of hydrogen-bond acceptors (Lipinski definition) is 4. The largest absolute Gasteiger partial charge is 0.469 e. The van der Waals surface area contributed by atoms with Gasteiger partial charge in [-0.3, -0.25) is 9.78 Å². The summed E-state index contributed by atoms with van der Waals surface area (Å²) in [5, 5.41) is 0. The van der Waals surface area contributed by atoms with Gasteiger partial charge < -0.3 is 9.47 Å². The monoisotopic (exact) mass is 355 g/mol. The first-order valence-electron chi connectivity index (χ1n) is 7.26. The summed E-state index contributed by atoms with van der Waals surface area (Å²) in [6.45, 7) is 2.09. The third-order valence-electron chi connectivity index (χ3n) is 4.70. The van der Waals surface area contributed by atoms with Gasteiger partial charge in [0, 0.05) is 17.8 Å². The van der Waals surface area contributed by atoms with E-state index in [2.05, 4.69) is 27.8 Å². The Kier molecular flexibility index (Phi) is 5.38. The smallest absolute Gasteiger partial charge is 0.308 e. The molecule has 1 aromatic heterocycles. The van der Waals surface area contributed by atoms with Gasteiger partial charge in [-0.2, -0.15) is 0 Å². The van der Waals surface area contributed by atoms with Crippen LogP contribution >= 0.6 is 15.9 Å². The Morgan fingerprint density at radius 2 is 1.95 bits per heavy atom. The van der Waals surface area contributed by atoms with Crippen molar-refractivity contribution in [3.63, 3.8) is 0 Å². The SMILES string of the molecule is COC(=O)[C@H]1CC[C@H](C(C)(OC)c2ccc(Br)cn2)CC1. The summed E-state index contributed by atoms with van der Waals surface area (Å²) < 4.78 is 11.6. The Labute approximate surface area is 134 Å². The molecule has 5 heteroatoms. The predicted octanol–water partition coefficient (Wildman–Crippen LogP) is 3.69. The lowest BCUT2D eigenvalue weighted by atomic mass is 9.72. The van der Waals surface area contributed by atoms with Gasteiger partial charge in [0.05, 0.1) is 18.7 Å². The molecule has 116 valence electrons. The summed E-state index contributed by atoms with van der Waals surface area (Å²) >= 11 is 3.41. The molecule has 1 unspecified atom stereocenters. The molecule has 2 rings (SSSR count). The van der Waals surface area contributed by atoms with E-state index in [1.165, 1.54) is 7.11 Å². The van der Waals surface area contributed by atoms with Crippen molar-refractivity contribution in [1.82, 2.24) is 4.98 Å². The number of rotatable bonds is 4. The molecule has 0 radical (unpaired) electrons. The summed E-state index contributed by atoms with van der Waals surface area (Å²) in [4.78, 5) is 16.1. The lowest BCUT2D eigenvalue weighted by Gasteiger charge is -2.39. The van der Waals surface area contributed by atoms with Gasteiger partial charge in [-0.05, 0) is 66.6 Å². The number of ether oxygens (including phenoxy) is 2. The number of aromatic nitrogens is 1. The topological polar surface area (TPSA) is 48.4 Å². The molecule has 0 bridgehead atoms. The van der Waals surface area contributed by atoms with Crippen molar-refractivity contribution < 1.29 is 14.3 Å². The second kappa shape index (κ2) is 6.88. The first kappa shape index (κ1) is 16.4. The Balaban J connectivity index is 2.11. The molecule has 4 nitrogen and oxygen atoms in total. The van der Waals surface area contributed by atoms with Crippen molar-refractivity contribution in [2.45, 2.75) is 38.2 Å². The fourth-order valence-electron chi connectivity index (χ4n) is 3.20. The van der Waals surface area contributed by atoms with Gasteiger partial charge in [0.1, 0.15) is 5.60 Å². The summed E-state index contributed by atoms with van der Waals surface area (Å²) in [7, 11) is 3.19. The van der Waals surface area contributed by atoms with E-state index in [-0.39, 0.29) is 11.9 Å². The zero-order valence-corrected chi connectivity index (χ0v) is 14.4. The second-order valence-corrected chi connectivity index (χ2v) is 6.66. The number of nitrogens with zero attached hydrogens (tertiary/aromatic N) is 1. The van der Waals surface area contributed by atoms with Gasteiger partial charge in [-0.15, -0.1) is 0 Å². The second-order valence-electron chi connectivity index (χ2n) is 5.74. The van der Waals surface area contributed by atoms with E-state index in [0.29, 0.717) is 5.92 Å². The highest BCUT2D eigenvalue weighted by Crippen LogP contribution is 2.42. The number of pyridine rings is 1. The van der Waals surface area contributed by atoms with Crippen LogP contribution in [0.3, 0.4) is 0 Å². The van der Waals surface area contributed by atoms with E-state index >= 15 is 0 Å². The van der Waals surface area contributed by atoms with Crippen LogP contribution in [0.1, 0.15) is 38.3 Å². The van der Waals surface area contributed by atoms with Gasteiger partial charge in [-0.1, -0.05) is 0 Å². The molecule has 1 aliphatic rings. The van der Waals surface area contributed by atoms with Crippen LogP contribution in [-0.2, 0) is 19.9 Å². The van der Waals surface area contributed by atoms with Crippen LogP contribution in [0.15, 0.2) is 22.8 Å². The normalized spacial score (nSPS) is 25.1. The molecule has 1 aliphatic carbocycles. The molecule has 1 aromatic rings. The summed E-state index contributed by atoms with van der Waals surface area (Å²) in [5.74, 6) is 0.302. The van der Waals surface area contributed by atoms with Crippen molar-refractivity contribution in [3.05, 3.63) is 28.5 Å². The number of methoxy groups -OCH3 is 2. The van der Waals surface area contributed by atoms with E-state index in [0.717, 1.165) is 35.8 Å². The number of halogens is 1. The minimum Gasteiger partial charge on any atom is -0.469 e. The first-order valence-corrected chi connectivity index (χ1v) is 8.05. The van der Waals surface area contributed by atoms with Crippen LogP contribution in [0.4, 0.5) is 0 Å². The van der Waals surface area contributed by atoms with Gasteiger partial charge >= 0.3 is 5.97 Å². The van der Waals surface area contributed by atoms with Crippen LogP contribution in [0.5, 0.6) is 0 Å². The maximum Gasteiger partial charge on any atom is 0.308 e. The minimum absolute atomic E-state index is 0.0326. The Bertz CT molecular complexity index is 483. The molecule has 0 amide bonds. The average molecular weight is 356 g/mol. The van der Waals surface area contributed by atoms with Crippen LogP contribution in [0.25, 0.3) is 0 Å². The molecule has 1 fully saturated rings. The molecular formula is C16H22BrNO3. The molecule has 0 aromatic carbocycles. The summed E-state index contributed by atoms with van der Waals surface area (Å²) in [6, 6.07) is 3.99. The number of hydrogen-bond donors (Lipinski definition) is 0. The average Bonchev–Trinajstić information content (AvgIpc) is 2.54. The highest BCUT2D eigenvalue weighted by molar-refractivity contribution is 9.10. The zero-order valence-electron chi connectivity index (χ0n) is 12.8. The van der Waals surface area contributed by atoms with Crippen molar-refractivity contribution >= 4 is 21.9 Å². The van der Waals surface area contributed by atoms with Gasteiger partial charge in [-0.25, -0.2) is 0 Å². The van der Waals surface area contributed by atoms with Crippen LogP contribution in [0, 0.1) is 11.8 Å². The lowest BCUT2D eigenvalue weighted by molar-refractivity contribution is -0.148. The molecule has 0 aliphatic heterocycles. The molecule has 1 heterocycles. The Hall–Kier alpha value is -0.940. The molecule has 0 N–H and O–H groups in total. The van der Waals surface area contributed by atoms with Crippen LogP contribution in [0.2, 0.25) is 0 Å². The Morgan fingerprint density at radius 1 is 1.29 bits per heavy atom. The summed E-state index contributed by atoms with van der Waals surface area (Å²) in [5.41, 5.74) is 0.525. The molecule has 1 atom stereocenters. The van der Waals surface area contributed by atoms with Gasteiger partial charge in [0.2, 0.25) is 0 Å². The minimum atomic E-state index is -0.415. The number of carbonyl (C=O) groups excluding carboxylic acids is 1. The van der Waals surface area contributed by atoms with E-state index in [9.17, 15) is 4.79 Å². The fourth-order valence-corrected chi connectivity index (χ4v) is 3.43. The maximum atomic E-state index is 11.6. The maximum absolute atomic E-state index is 11.6. The van der Waals surface area contributed by atoms with Crippen molar-refractivity contribution in [2.24, 2.45) is 11.8 Å². The van der Waals surface area contributed by atoms with Gasteiger partial charge in [0.15, 0.2) is 0 Å². The third kappa shape index (κ3) is 3.46. The molecular weight excluding hydrogens is 334 g/mol. The Morgan fingerprint density at radius 3 is 2.43 bits per heavy atom. The molecule has 1 saturated carbocycles. The van der Waals surface area contributed by atoms with Crippen molar-refractivity contribution in [1.29, 1.82) is 0 Å². The predicted molar refractivity (Wildman–Crippen MR) is 83.8 cm³/mol. The van der Waals surface area contributed by atoms with Crippen molar-refractivity contribution in [3.8, 4) is 0 Å². The number of esters is 1. The van der Waals surface area contributed by atoms with Crippen LogP contribution in [-0.4, -0.2) is 25.2 Å². The van der Waals surface area contributed by atoms with E-state index in [1.807, 2.05) is 12.1 Å². The van der Waals surface area contributed by atoms with E-state index in [1.54, 1.807) is 13.3 Å². The van der Waals surface area contributed by atoms with Crippen molar-refractivity contribution in [2.75, 3.05) is 14.2 Å². The molecule has 0 saturated heterocycles. The van der Waals surface area contributed by atoms with Crippen LogP contribution < -0.4 is 0 Å². The quantitative estimate of drug-likeness (QED) is 0.772. The first-order chi connectivity index (χ1) is 10.0. The standard InChI is InChI=1S/C16H22BrNO3/c1-16(21-3,14-9-8-13(17)10-18-14)12-6-4-11(5-7-12)15(19)20-2/h8-12H,4-7H2,1-3H3/t11-,12-,16?. The fraction of sp³-hybridized carbons (Fsp3) is 0.625. The third-order valence-corrected chi connectivity index (χ3v) is 5.17. The highest BCUT2D eigenvalue weighted by Gasteiger charge is 2.40. The van der Waals surface area contributed by atoms with E-state index in [4.69, 9.17) is 9.47 Å².